The smallest absolute Gasteiger partial charge is 0.265 e. The van der Waals surface area contributed by atoms with E-state index in [2.05, 4.69) is 21.2 Å². The van der Waals surface area contributed by atoms with Crippen molar-refractivity contribution >= 4 is 45.0 Å². The van der Waals surface area contributed by atoms with Gasteiger partial charge in [-0.25, -0.2) is 0 Å². The third kappa shape index (κ3) is 3.40. The zero-order valence-electron chi connectivity index (χ0n) is 21.7. The van der Waals surface area contributed by atoms with Crippen LogP contribution in [0, 0.1) is 0 Å². The summed E-state index contributed by atoms with van der Waals surface area (Å²) in [4.78, 5) is 30.1. The molecular weight excluding hydrogens is 604 g/mol. The van der Waals surface area contributed by atoms with E-state index in [0.717, 1.165) is 32.4 Å². The first-order valence-electron chi connectivity index (χ1n) is 13.6. The molecule has 0 saturated carbocycles. The number of carbonyl (C=O) groups excluding carboxylic acids is 2. The third-order valence-electron chi connectivity index (χ3n) is 8.95. The van der Waals surface area contributed by atoms with Gasteiger partial charge >= 0.3 is 0 Å². The second-order valence-electron chi connectivity index (χ2n) is 11.1. The number of benzene rings is 4. The molecule has 2 amide bonds. The zero-order chi connectivity index (χ0) is 27.9. The number of amides is 2. The molecule has 0 bridgehead atoms. The van der Waals surface area contributed by atoms with Gasteiger partial charge in [0.05, 0.1) is 24.6 Å². The first-order chi connectivity index (χ1) is 19.9. The van der Waals surface area contributed by atoms with Crippen molar-refractivity contribution in [1.29, 1.82) is 0 Å². The molecule has 2 fully saturated rings. The summed E-state index contributed by atoms with van der Waals surface area (Å²) in [6.45, 7) is 0.390. The van der Waals surface area contributed by atoms with Crippen molar-refractivity contribution in [2.45, 2.75) is 42.2 Å². The maximum Gasteiger partial charge on any atom is 0.265 e. The summed E-state index contributed by atoms with van der Waals surface area (Å²) in [5, 5.41) is 3.83. The van der Waals surface area contributed by atoms with E-state index in [-0.39, 0.29) is 18.2 Å². The fraction of sp³-hybridized carbons (Fsp3) is 0.212. The minimum absolute atomic E-state index is 0.137. The molecule has 0 unspecified atom stereocenters. The molecule has 0 aromatic heterocycles. The molecule has 2 saturated heterocycles. The molecule has 8 heteroatoms. The Morgan fingerprint density at radius 1 is 0.951 bits per heavy atom. The largest absolute Gasteiger partial charge is 0.487 e. The lowest BCUT2D eigenvalue weighted by Gasteiger charge is -2.44. The number of nitrogens with one attached hydrogen (secondary N) is 1. The van der Waals surface area contributed by atoms with Crippen LogP contribution in [0.2, 0.25) is 5.02 Å². The van der Waals surface area contributed by atoms with E-state index in [1.165, 1.54) is 0 Å². The zero-order valence-corrected chi connectivity index (χ0v) is 24.1. The molecule has 2 spiro atoms. The number of ether oxygens (including phenoxy) is 2. The Balaban J connectivity index is 1.40. The highest BCUT2D eigenvalue weighted by atomic mass is 79.9. The molecule has 4 aliphatic heterocycles. The maximum absolute atomic E-state index is 15.0. The SMILES string of the molecule is O=C1C[C@H]2Oc3ccc(Cl)cc3[C@@H]3O[C@@]4(C(=O)N(Cc5ccccc5)c5ccccc54)[C@@H](c4ccc(Br)cc4)[C@]23N1. The number of rotatable bonds is 3. The second-order valence-corrected chi connectivity index (χ2v) is 12.4. The maximum atomic E-state index is 15.0. The van der Waals surface area contributed by atoms with Crippen LogP contribution in [0.1, 0.15) is 40.7 Å². The van der Waals surface area contributed by atoms with Crippen molar-refractivity contribution < 1.29 is 19.1 Å². The van der Waals surface area contributed by atoms with Gasteiger partial charge in [0.2, 0.25) is 5.91 Å². The van der Waals surface area contributed by atoms with Crippen LogP contribution in [0.25, 0.3) is 0 Å². The van der Waals surface area contributed by atoms with Crippen LogP contribution in [0.3, 0.4) is 0 Å². The van der Waals surface area contributed by atoms with E-state index in [1.807, 2.05) is 95.9 Å². The quantitative estimate of drug-likeness (QED) is 0.285. The predicted octanol–water partition coefficient (Wildman–Crippen LogP) is 6.42. The lowest BCUT2D eigenvalue weighted by molar-refractivity contribution is -0.144. The first-order valence-corrected chi connectivity index (χ1v) is 14.7. The molecule has 8 rings (SSSR count). The number of hydrogen-bond acceptors (Lipinski definition) is 4. The number of halogens is 2. The third-order valence-corrected chi connectivity index (χ3v) is 9.71. The highest BCUT2D eigenvalue weighted by Gasteiger charge is 2.77. The lowest BCUT2D eigenvalue weighted by Crippen LogP contribution is -2.60. The Labute approximate surface area is 250 Å². The summed E-state index contributed by atoms with van der Waals surface area (Å²) in [6, 6.07) is 31.1. The Morgan fingerprint density at radius 3 is 2.51 bits per heavy atom. The number of nitrogens with zero attached hydrogens (tertiary/aromatic N) is 1. The van der Waals surface area contributed by atoms with E-state index in [9.17, 15) is 4.79 Å². The second kappa shape index (κ2) is 8.92. The minimum atomic E-state index is -1.42. The molecular formula is C33H24BrClN2O4. The van der Waals surface area contributed by atoms with Crippen LogP contribution >= 0.6 is 27.5 Å². The van der Waals surface area contributed by atoms with E-state index < -0.39 is 29.3 Å². The summed E-state index contributed by atoms with van der Waals surface area (Å²) >= 11 is 10.1. The van der Waals surface area contributed by atoms with Gasteiger partial charge < -0.3 is 19.7 Å². The molecule has 1 N–H and O–H groups in total. The molecule has 204 valence electrons. The van der Waals surface area contributed by atoms with Crippen LogP contribution in [0.5, 0.6) is 5.75 Å². The molecule has 0 radical (unpaired) electrons. The van der Waals surface area contributed by atoms with E-state index in [0.29, 0.717) is 17.3 Å². The van der Waals surface area contributed by atoms with E-state index in [4.69, 9.17) is 21.1 Å². The van der Waals surface area contributed by atoms with Gasteiger partial charge in [-0.2, -0.15) is 0 Å². The standard InChI is InChI=1S/C33H24BrClN2O4/c34-21-12-10-20(11-13-21)29-32-27(17-28(38)36-32)40-26-15-14-22(35)16-23(26)30(32)41-33(29)24-8-4-5-9-25(24)37(31(33)39)18-19-6-2-1-3-7-19/h1-16,27,29-30H,17-18H2,(H,36,38)/t27-,29+,30+,32-,33-/m1/s1. The average Bonchev–Trinajstić information content (AvgIpc) is 3.56. The number of fused-ring (bicyclic) bond motifs is 4. The van der Waals surface area contributed by atoms with Crippen molar-refractivity contribution in [1.82, 2.24) is 5.32 Å². The molecule has 4 aromatic rings. The molecule has 4 aliphatic rings. The van der Waals surface area contributed by atoms with Crippen LogP contribution in [0.4, 0.5) is 5.69 Å². The van der Waals surface area contributed by atoms with Gasteiger partial charge in [-0.05, 0) is 47.5 Å². The van der Waals surface area contributed by atoms with Gasteiger partial charge in [0.25, 0.3) is 5.91 Å². The Kier molecular flexibility index (Phi) is 5.46. The Hall–Kier alpha value is -3.65. The van der Waals surface area contributed by atoms with Gasteiger partial charge in [0.1, 0.15) is 23.5 Å². The first kappa shape index (κ1) is 25.1. The van der Waals surface area contributed by atoms with E-state index in [1.54, 1.807) is 6.07 Å². The highest BCUT2D eigenvalue weighted by Crippen LogP contribution is 2.68. The molecule has 4 heterocycles. The fourth-order valence-corrected chi connectivity index (χ4v) is 7.86. The van der Waals surface area contributed by atoms with Crippen molar-refractivity contribution in [3.63, 3.8) is 0 Å². The lowest BCUT2D eigenvalue weighted by atomic mass is 9.65. The van der Waals surface area contributed by atoms with Crippen molar-refractivity contribution in [3.8, 4) is 5.75 Å². The number of hydrogen-bond donors (Lipinski definition) is 1. The van der Waals surface area contributed by atoms with Crippen LogP contribution in [-0.4, -0.2) is 23.5 Å². The molecule has 6 nitrogen and oxygen atoms in total. The Morgan fingerprint density at radius 2 is 1.71 bits per heavy atom. The highest BCUT2D eigenvalue weighted by molar-refractivity contribution is 9.10. The Bertz CT molecular complexity index is 1730. The van der Waals surface area contributed by atoms with Crippen molar-refractivity contribution in [2.24, 2.45) is 0 Å². The van der Waals surface area contributed by atoms with Crippen LogP contribution < -0.4 is 15.0 Å². The number of carbonyl (C=O) groups is 2. The monoisotopic (exact) mass is 626 g/mol. The summed E-state index contributed by atoms with van der Waals surface area (Å²) in [6.07, 6.45) is -1.07. The van der Waals surface area contributed by atoms with E-state index >= 15 is 4.79 Å². The topological polar surface area (TPSA) is 67.9 Å². The minimum Gasteiger partial charge on any atom is -0.487 e. The van der Waals surface area contributed by atoms with Crippen LogP contribution in [0.15, 0.2) is 102 Å². The molecule has 41 heavy (non-hydrogen) atoms. The molecule has 4 aromatic carbocycles. The van der Waals surface area contributed by atoms with Gasteiger partial charge in [-0.3, -0.25) is 9.59 Å². The van der Waals surface area contributed by atoms with Crippen molar-refractivity contribution in [2.75, 3.05) is 4.90 Å². The van der Waals surface area contributed by atoms with Crippen LogP contribution in [-0.2, 0) is 26.5 Å². The summed E-state index contributed by atoms with van der Waals surface area (Å²) in [7, 11) is 0. The number of anilines is 1. The number of para-hydroxylation sites is 1. The average molecular weight is 628 g/mol. The summed E-state index contributed by atoms with van der Waals surface area (Å²) < 4.78 is 14.7. The summed E-state index contributed by atoms with van der Waals surface area (Å²) in [5.74, 6) is -0.279. The van der Waals surface area contributed by atoms with Gasteiger partial charge in [-0.15, -0.1) is 0 Å². The normalized spacial score (nSPS) is 29.0. The van der Waals surface area contributed by atoms with Gasteiger partial charge in [0, 0.05) is 20.6 Å². The fourth-order valence-electron chi connectivity index (χ4n) is 7.42. The van der Waals surface area contributed by atoms with Gasteiger partial charge in [0.15, 0.2) is 5.60 Å². The molecule has 5 atom stereocenters. The predicted molar refractivity (Wildman–Crippen MR) is 158 cm³/mol. The molecule has 0 aliphatic carbocycles. The van der Waals surface area contributed by atoms with Gasteiger partial charge in [-0.1, -0.05) is 88.2 Å². The summed E-state index contributed by atoms with van der Waals surface area (Å²) in [5.41, 5.74) is 1.71. The van der Waals surface area contributed by atoms with Crippen molar-refractivity contribution in [3.05, 3.63) is 129 Å².